The van der Waals surface area contributed by atoms with Crippen molar-refractivity contribution in [3.63, 3.8) is 0 Å². The summed E-state index contributed by atoms with van der Waals surface area (Å²) in [5.74, 6) is 0.781. The smallest absolute Gasteiger partial charge is 0.174 e. The Bertz CT molecular complexity index is 2090. The van der Waals surface area contributed by atoms with Gasteiger partial charge in [-0.15, -0.1) is 0 Å². The van der Waals surface area contributed by atoms with E-state index in [0.717, 1.165) is 22.0 Å². The average Bonchev–Trinajstić information content (AvgIpc) is 3.45. The topological polar surface area (TPSA) is 25.8 Å². The molecule has 172 valence electrons. The molecule has 37 heavy (non-hydrogen) atoms. The van der Waals surface area contributed by atoms with Crippen LogP contribution in [-0.4, -0.2) is 9.36 Å². The third-order valence-electron chi connectivity index (χ3n) is 7.39. The second-order valence-corrected chi connectivity index (χ2v) is 10.3. The van der Waals surface area contributed by atoms with Gasteiger partial charge in [-0.3, -0.25) is 0 Å². The van der Waals surface area contributed by atoms with E-state index in [-0.39, 0.29) is 0 Å². The molecule has 8 aromatic rings. The largest absolute Gasteiger partial charge is 0.215 e. The van der Waals surface area contributed by atoms with Gasteiger partial charge in [0.2, 0.25) is 0 Å². The van der Waals surface area contributed by atoms with Gasteiger partial charge in [-0.25, -0.2) is 4.98 Å². The van der Waals surface area contributed by atoms with E-state index in [4.69, 9.17) is 9.36 Å². The maximum Gasteiger partial charge on any atom is 0.174 e. The van der Waals surface area contributed by atoms with Crippen LogP contribution in [0.25, 0.3) is 76.2 Å². The van der Waals surface area contributed by atoms with Crippen LogP contribution in [0.3, 0.4) is 0 Å². The maximum absolute atomic E-state index is 5.10. The lowest BCUT2D eigenvalue weighted by Crippen LogP contribution is -1.88. The summed E-state index contributed by atoms with van der Waals surface area (Å²) in [7, 11) is 0. The fraction of sp³-hybridized carbons (Fsp3) is 0. The van der Waals surface area contributed by atoms with Gasteiger partial charge in [0.05, 0.1) is 0 Å². The van der Waals surface area contributed by atoms with Crippen molar-refractivity contribution in [2.24, 2.45) is 0 Å². The molecule has 8 rings (SSSR count). The predicted molar refractivity (Wildman–Crippen MR) is 157 cm³/mol. The van der Waals surface area contributed by atoms with Crippen LogP contribution < -0.4 is 0 Å². The van der Waals surface area contributed by atoms with Crippen LogP contribution in [0.15, 0.2) is 121 Å². The highest BCUT2D eigenvalue weighted by molar-refractivity contribution is 7.09. The summed E-state index contributed by atoms with van der Waals surface area (Å²) >= 11 is 1.48. The van der Waals surface area contributed by atoms with Gasteiger partial charge in [0.1, 0.15) is 5.01 Å². The molecule has 0 atom stereocenters. The molecule has 0 saturated heterocycles. The van der Waals surface area contributed by atoms with Crippen molar-refractivity contribution in [2.75, 3.05) is 0 Å². The third-order valence-corrected chi connectivity index (χ3v) is 8.14. The van der Waals surface area contributed by atoms with Gasteiger partial charge < -0.3 is 0 Å². The summed E-state index contributed by atoms with van der Waals surface area (Å²) in [4.78, 5) is 5.10. The lowest BCUT2D eigenvalue weighted by atomic mass is 9.91. The number of fused-ring (bicyclic) bond motifs is 1. The van der Waals surface area contributed by atoms with E-state index < -0.39 is 0 Å². The Hall–Kier alpha value is -4.60. The van der Waals surface area contributed by atoms with Crippen molar-refractivity contribution in [1.29, 1.82) is 0 Å². The molecule has 0 bridgehead atoms. The van der Waals surface area contributed by atoms with E-state index in [0.29, 0.717) is 0 Å². The number of hydrogen-bond acceptors (Lipinski definition) is 3. The van der Waals surface area contributed by atoms with E-state index in [1.165, 1.54) is 65.7 Å². The van der Waals surface area contributed by atoms with Crippen molar-refractivity contribution in [2.45, 2.75) is 0 Å². The molecule has 7 aromatic carbocycles. The second-order valence-electron chi connectivity index (χ2n) is 9.50. The molecule has 0 radical (unpaired) electrons. The summed E-state index contributed by atoms with van der Waals surface area (Å²) in [5, 5.41) is 11.0. The van der Waals surface area contributed by atoms with Gasteiger partial charge in [0, 0.05) is 11.1 Å². The SMILES string of the molecule is c1ccc(-c2ccc3c(-c4nsc(-c5cc6cccc7ccc8cccc5c8c76)n4)cccc3c2)cc1. The highest BCUT2D eigenvalue weighted by Crippen LogP contribution is 2.41. The zero-order chi connectivity index (χ0) is 24.3. The molecule has 0 aliphatic heterocycles. The van der Waals surface area contributed by atoms with Gasteiger partial charge in [-0.05, 0) is 77.9 Å². The molecule has 0 aliphatic rings. The van der Waals surface area contributed by atoms with Gasteiger partial charge >= 0.3 is 0 Å². The number of aromatic nitrogens is 2. The van der Waals surface area contributed by atoms with E-state index in [1.54, 1.807) is 0 Å². The van der Waals surface area contributed by atoms with Gasteiger partial charge in [-0.2, -0.15) is 4.37 Å². The molecule has 1 aromatic heterocycles. The Kier molecular flexibility index (Phi) is 4.42. The molecule has 0 unspecified atom stereocenters. The molecule has 0 amide bonds. The number of nitrogens with zero attached hydrogens (tertiary/aromatic N) is 2. The van der Waals surface area contributed by atoms with E-state index >= 15 is 0 Å². The van der Waals surface area contributed by atoms with Crippen LogP contribution in [0.1, 0.15) is 0 Å². The number of rotatable bonds is 3. The van der Waals surface area contributed by atoms with E-state index in [2.05, 4.69) is 121 Å². The van der Waals surface area contributed by atoms with Crippen molar-refractivity contribution in [3.05, 3.63) is 121 Å². The minimum absolute atomic E-state index is 0.781. The summed E-state index contributed by atoms with van der Waals surface area (Å²) in [5.41, 5.74) is 4.65. The second kappa shape index (κ2) is 7.95. The lowest BCUT2D eigenvalue weighted by Gasteiger charge is -2.13. The van der Waals surface area contributed by atoms with Gasteiger partial charge in [0.25, 0.3) is 0 Å². The van der Waals surface area contributed by atoms with Gasteiger partial charge in [-0.1, -0.05) is 109 Å². The lowest BCUT2D eigenvalue weighted by molar-refractivity contribution is 1.34. The zero-order valence-corrected chi connectivity index (χ0v) is 20.7. The summed E-state index contributed by atoms with van der Waals surface area (Å²) in [6.07, 6.45) is 0. The Morgan fingerprint density at radius 2 is 1.22 bits per heavy atom. The average molecular weight is 489 g/mol. The summed E-state index contributed by atoms with van der Waals surface area (Å²) in [6.45, 7) is 0. The Morgan fingerprint density at radius 1 is 0.459 bits per heavy atom. The molecular weight excluding hydrogens is 468 g/mol. The molecule has 3 heteroatoms. The summed E-state index contributed by atoms with van der Waals surface area (Å²) in [6, 6.07) is 43.4. The first-order valence-corrected chi connectivity index (χ1v) is 13.2. The highest BCUT2D eigenvalue weighted by Gasteiger charge is 2.17. The van der Waals surface area contributed by atoms with Crippen LogP contribution in [0.2, 0.25) is 0 Å². The maximum atomic E-state index is 5.10. The highest BCUT2D eigenvalue weighted by atomic mass is 32.1. The first-order valence-electron chi connectivity index (χ1n) is 12.4. The van der Waals surface area contributed by atoms with Crippen LogP contribution in [0, 0.1) is 0 Å². The fourth-order valence-corrected chi connectivity index (χ4v) is 6.38. The molecular formula is C34H20N2S. The standard InChI is InChI=1S/C34H20N2S/c1-2-7-21(8-3-1)24-17-18-27-25(19-24)11-6-14-29(27)33-35-34(37-36-33)30-20-26-12-4-9-22-15-16-23-10-5-13-28(30)32(23)31(22)26/h1-20H. The third kappa shape index (κ3) is 3.18. The molecule has 2 nitrogen and oxygen atoms in total. The predicted octanol–water partition coefficient (Wildman–Crippen LogP) is 9.59. The molecule has 0 fully saturated rings. The fourth-order valence-electron chi connectivity index (χ4n) is 5.67. The van der Waals surface area contributed by atoms with Crippen molar-refractivity contribution < 1.29 is 0 Å². The minimum atomic E-state index is 0.781. The molecule has 0 N–H and O–H groups in total. The van der Waals surface area contributed by atoms with Crippen LogP contribution in [0.5, 0.6) is 0 Å². The molecule has 0 saturated carbocycles. The van der Waals surface area contributed by atoms with E-state index in [9.17, 15) is 0 Å². The van der Waals surface area contributed by atoms with Crippen molar-refractivity contribution >= 4 is 54.6 Å². The monoisotopic (exact) mass is 488 g/mol. The van der Waals surface area contributed by atoms with Crippen LogP contribution in [-0.2, 0) is 0 Å². The van der Waals surface area contributed by atoms with Gasteiger partial charge in [0.15, 0.2) is 5.82 Å². The molecule has 0 aliphatic carbocycles. The Morgan fingerprint density at radius 3 is 2.11 bits per heavy atom. The normalized spacial score (nSPS) is 11.8. The molecule has 1 heterocycles. The molecule has 0 spiro atoms. The van der Waals surface area contributed by atoms with Crippen LogP contribution >= 0.6 is 11.5 Å². The first-order chi connectivity index (χ1) is 18.3. The van der Waals surface area contributed by atoms with E-state index in [1.807, 2.05) is 0 Å². The summed E-state index contributed by atoms with van der Waals surface area (Å²) < 4.78 is 4.85. The quantitative estimate of drug-likeness (QED) is 0.231. The number of benzene rings is 7. The Balaban J connectivity index is 1.29. The van der Waals surface area contributed by atoms with Crippen LogP contribution in [0.4, 0.5) is 0 Å². The van der Waals surface area contributed by atoms with Crippen molar-refractivity contribution in [3.8, 4) is 33.1 Å². The Labute approximate surface area is 218 Å². The van der Waals surface area contributed by atoms with Crippen molar-refractivity contribution in [1.82, 2.24) is 9.36 Å². The first kappa shape index (κ1) is 20.6. The number of hydrogen-bond donors (Lipinski definition) is 0. The zero-order valence-electron chi connectivity index (χ0n) is 19.8. The minimum Gasteiger partial charge on any atom is -0.215 e.